The van der Waals surface area contributed by atoms with Gasteiger partial charge >= 0.3 is 0 Å². The van der Waals surface area contributed by atoms with Gasteiger partial charge < -0.3 is 11.1 Å². The van der Waals surface area contributed by atoms with Gasteiger partial charge in [-0.2, -0.15) is 0 Å². The van der Waals surface area contributed by atoms with Gasteiger partial charge in [-0.15, -0.1) is 0 Å². The molecule has 1 aromatic heterocycles. The molecule has 106 valence electrons. The number of hydrogen-bond acceptors (Lipinski definition) is 3. The van der Waals surface area contributed by atoms with Crippen molar-refractivity contribution >= 4 is 5.82 Å². The molecule has 4 heteroatoms. The Hall–Kier alpha value is -1.94. The number of nitrogens with two attached hydrogens (primary N) is 1. The van der Waals surface area contributed by atoms with Crippen molar-refractivity contribution in [3.05, 3.63) is 59.0 Å². The maximum atomic E-state index is 13.8. The number of hydrogen-bond donors (Lipinski definition) is 2. The number of nitrogens with one attached hydrogen (secondary N) is 1. The van der Waals surface area contributed by atoms with Crippen molar-refractivity contribution in [3.8, 4) is 0 Å². The predicted molar refractivity (Wildman–Crippen MR) is 79.9 cm³/mol. The van der Waals surface area contributed by atoms with Gasteiger partial charge in [0.05, 0.1) is 6.04 Å². The third-order valence-corrected chi connectivity index (χ3v) is 3.31. The zero-order valence-electron chi connectivity index (χ0n) is 11.9. The van der Waals surface area contributed by atoms with Crippen molar-refractivity contribution < 1.29 is 4.39 Å². The van der Waals surface area contributed by atoms with E-state index in [9.17, 15) is 4.39 Å². The Morgan fingerprint density at radius 2 is 2.15 bits per heavy atom. The molecule has 3 nitrogen and oxygen atoms in total. The second kappa shape index (κ2) is 6.48. The van der Waals surface area contributed by atoms with Crippen LogP contribution in [0.3, 0.4) is 0 Å². The average molecular weight is 273 g/mol. The standard InChI is InChI=1S/C16H20FN3/c1-3-8-19-15(13-5-4-9-20-16(13)18)12-7-6-11(2)14(17)10-12/h4-7,9-10,15,19H,3,8H2,1-2H3,(H2,18,20). The fraction of sp³-hybridized carbons (Fsp3) is 0.312. The lowest BCUT2D eigenvalue weighted by atomic mass is 9.98. The summed E-state index contributed by atoms with van der Waals surface area (Å²) in [6, 6.07) is 8.91. The number of pyridine rings is 1. The van der Waals surface area contributed by atoms with Gasteiger partial charge in [0.2, 0.25) is 0 Å². The van der Waals surface area contributed by atoms with Gasteiger partial charge in [-0.05, 0) is 43.1 Å². The Kier molecular flexibility index (Phi) is 4.69. The predicted octanol–water partition coefficient (Wildman–Crippen LogP) is 3.20. The van der Waals surface area contributed by atoms with Crippen molar-refractivity contribution in [2.45, 2.75) is 26.3 Å². The lowest BCUT2D eigenvalue weighted by Crippen LogP contribution is -2.24. The quantitative estimate of drug-likeness (QED) is 0.879. The summed E-state index contributed by atoms with van der Waals surface area (Å²) in [6.07, 6.45) is 2.65. The molecule has 3 N–H and O–H groups in total. The first-order valence-corrected chi connectivity index (χ1v) is 6.83. The normalized spacial score (nSPS) is 12.3. The summed E-state index contributed by atoms with van der Waals surface area (Å²) in [5.41, 5.74) is 8.34. The van der Waals surface area contributed by atoms with E-state index in [0.717, 1.165) is 24.1 Å². The Morgan fingerprint density at radius 1 is 1.35 bits per heavy atom. The third-order valence-electron chi connectivity index (χ3n) is 3.31. The van der Waals surface area contributed by atoms with E-state index in [-0.39, 0.29) is 11.9 Å². The fourth-order valence-corrected chi connectivity index (χ4v) is 2.16. The zero-order valence-corrected chi connectivity index (χ0v) is 11.9. The lowest BCUT2D eigenvalue weighted by Gasteiger charge is -2.21. The number of nitrogens with zero attached hydrogens (tertiary/aromatic N) is 1. The maximum Gasteiger partial charge on any atom is 0.128 e. The first-order chi connectivity index (χ1) is 9.63. The number of nitrogen functional groups attached to an aromatic ring is 1. The smallest absolute Gasteiger partial charge is 0.128 e. The molecule has 0 amide bonds. The number of aryl methyl sites for hydroxylation is 1. The summed E-state index contributed by atoms with van der Waals surface area (Å²) in [5, 5.41) is 3.40. The Balaban J connectivity index is 2.41. The first kappa shape index (κ1) is 14.5. The summed E-state index contributed by atoms with van der Waals surface area (Å²) in [6.45, 7) is 4.67. The molecule has 2 aromatic rings. The van der Waals surface area contributed by atoms with Gasteiger partial charge in [0.25, 0.3) is 0 Å². The van der Waals surface area contributed by atoms with Crippen LogP contribution in [0.2, 0.25) is 0 Å². The van der Waals surface area contributed by atoms with E-state index in [4.69, 9.17) is 5.73 Å². The molecule has 0 aliphatic carbocycles. The summed E-state index contributed by atoms with van der Waals surface area (Å²) < 4.78 is 13.8. The molecule has 0 radical (unpaired) electrons. The number of halogens is 1. The topological polar surface area (TPSA) is 50.9 Å². The SMILES string of the molecule is CCCNC(c1ccc(C)c(F)c1)c1cccnc1N. The minimum atomic E-state index is -0.201. The van der Waals surface area contributed by atoms with Gasteiger partial charge in [0.1, 0.15) is 11.6 Å². The molecule has 0 spiro atoms. The maximum absolute atomic E-state index is 13.8. The van der Waals surface area contributed by atoms with Gasteiger partial charge in [-0.1, -0.05) is 25.1 Å². The molecule has 1 unspecified atom stereocenters. The van der Waals surface area contributed by atoms with Crippen LogP contribution in [0.1, 0.15) is 36.1 Å². The molecule has 1 heterocycles. The largest absolute Gasteiger partial charge is 0.383 e. The second-order valence-corrected chi connectivity index (χ2v) is 4.87. The fourth-order valence-electron chi connectivity index (χ4n) is 2.16. The molecular weight excluding hydrogens is 253 g/mol. The highest BCUT2D eigenvalue weighted by molar-refractivity contribution is 5.46. The van der Waals surface area contributed by atoms with E-state index in [1.807, 2.05) is 18.2 Å². The van der Waals surface area contributed by atoms with Gasteiger partial charge in [-0.25, -0.2) is 9.37 Å². The van der Waals surface area contributed by atoms with Crippen molar-refractivity contribution in [1.29, 1.82) is 0 Å². The number of aromatic nitrogens is 1. The Morgan fingerprint density at radius 3 is 2.80 bits per heavy atom. The van der Waals surface area contributed by atoms with Crippen LogP contribution in [0, 0.1) is 12.7 Å². The molecule has 0 fully saturated rings. The second-order valence-electron chi connectivity index (χ2n) is 4.87. The van der Waals surface area contributed by atoms with Crippen LogP contribution in [0.25, 0.3) is 0 Å². The lowest BCUT2D eigenvalue weighted by molar-refractivity contribution is 0.582. The van der Waals surface area contributed by atoms with Crippen LogP contribution in [0.5, 0.6) is 0 Å². The minimum Gasteiger partial charge on any atom is -0.383 e. The third kappa shape index (κ3) is 3.14. The molecule has 0 aliphatic rings. The molecule has 0 aliphatic heterocycles. The highest BCUT2D eigenvalue weighted by Crippen LogP contribution is 2.26. The van der Waals surface area contributed by atoms with E-state index in [1.54, 1.807) is 25.3 Å². The van der Waals surface area contributed by atoms with Gasteiger partial charge in [0, 0.05) is 11.8 Å². The summed E-state index contributed by atoms with van der Waals surface area (Å²) >= 11 is 0. The van der Waals surface area contributed by atoms with Gasteiger partial charge in [-0.3, -0.25) is 0 Å². The molecule has 0 bridgehead atoms. The van der Waals surface area contributed by atoms with Crippen LogP contribution in [-0.2, 0) is 0 Å². The van der Waals surface area contributed by atoms with Gasteiger partial charge in [0.15, 0.2) is 0 Å². The van der Waals surface area contributed by atoms with Crippen LogP contribution in [0.4, 0.5) is 10.2 Å². The molecule has 0 saturated heterocycles. The first-order valence-electron chi connectivity index (χ1n) is 6.83. The van der Waals surface area contributed by atoms with Crippen molar-refractivity contribution in [2.75, 3.05) is 12.3 Å². The Bertz CT molecular complexity index is 584. The summed E-state index contributed by atoms with van der Waals surface area (Å²) in [5.74, 6) is 0.273. The average Bonchev–Trinajstić information content (AvgIpc) is 2.44. The van der Waals surface area contributed by atoms with Crippen molar-refractivity contribution in [2.24, 2.45) is 0 Å². The highest BCUT2D eigenvalue weighted by Gasteiger charge is 2.17. The summed E-state index contributed by atoms with van der Waals surface area (Å²) in [7, 11) is 0. The van der Waals surface area contributed by atoms with Crippen LogP contribution in [-0.4, -0.2) is 11.5 Å². The van der Waals surface area contributed by atoms with Crippen molar-refractivity contribution in [1.82, 2.24) is 10.3 Å². The molecule has 1 aromatic carbocycles. The van der Waals surface area contributed by atoms with E-state index >= 15 is 0 Å². The monoisotopic (exact) mass is 273 g/mol. The highest BCUT2D eigenvalue weighted by atomic mass is 19.1. The number of benzene rings is 1. The molecule has 2 rings (SSSR count). The van der Waals surface area contributed by atoms with Crippen LogP contribution in [0.15, 0.2) is 36.5 Å². The molecule has 1 atom stereocenters. The van der Waals surface area contributed by atoms with E-state index in [1.165, 1.54) is 0 Å². The van der Waals surface area contributed by atoms with E-state index < -0.39 is 0 Å². The molecule has 20 heavy (non-hydrogen) atoms. The van der Waals surface area contributed by atoms with Crippen LogP contribution >= 0.6 is 0 Å². The van der Waals surface area contributed by atoms with E-state index in [2.05, 4.69) is 17.2 Å². The minimum absolute atomic E-state index is 0.140. The Labute approximate surface area is 119 Å². The zero-order chi connectivity index (χ0) is 14.5. The summed E-state index contributed by atoms with van der Waals surface area (Å²) in [4.78, 5) is 4.12. The molecular formula is C16H20FN3. The van der Waals surface area contributed by atoms with Crippen molar-refractivity contribution in [3.63, 3.8) is 0 Å². The van der Waals surface area contributed by atoms with E-state index in [0.29, 0.717) is 11.4 Å². The number of rotatable bonds is 5. The van der Waals surface area contributed by atoms with Crippen LogP contribution < -0.4 is 11.1 Å². The number of anilines is 1. The molecule has 0 saturated carbocycles.